The molecule has 0 fully saturated rings. The summed E-state index contributed by atoms with van der Waals surface area (Å²) in [7, 11) is 4.63. The predicted molar refractivity (Wildman–Crippen MR) is 56.0 cm³/mol. The minimum Gasteiger partial charge on any atom is -0.497 e. The van der Waals surface area contributed by atoms with E-state index in [1.807, 2.05) is 0 Å². The average Bonchev–Trinajstić information content (AvgIpc) is 2.27. The van der Waals surface area contributed by atoms with Gasteiger partial charge < -0.3 is 9.64 Å². The standard InChI is InChI=1S/C11H13NO3/c1-12(2)11(14)10(13)8-4-6-9(15-3)7-5-8/h4-7H,1-3H3. The first kappa shape index (κ1) is 11.2. The molecule has 0 radical (unpaired) electrons. The molecule has 15 heavy (non-hydrogen) atoms. The Kier molecular flexibility index (Phi) is 3.44. The predicted octanol–water partition coefficient (Wildman–Crippen LogP) is 0.966. The SMILES string of the molecule is COc1ccc(C(=O)C(=O)N(C)C)cc1. The van der Waals surface area contributed by atoms with Gasteiger partial charge in [-0.15, -0.1) is 0 Å². The maximum absolute atomic E-state index is 11.6. The minimum atomic E-state index is -0.528. The van der Waals surface area contributed by atoms with E-state index in [1.54, 1.807) is 45.5 Å². The molecule has 0 aromatic heterocycles. The quantitative estimate of drug-likeness (QED) is 0.548. The Morgan fingerprint density at radius 2 is 1.67 bits per heavy atom. The van der Waals surface area contributed by atoms with Gasteiger partial charge in [0.15, 0.2) is 0 Å². The Morgan fingerprint density at radius 3 is 2.07 bits per heavy atom. The Hall–Kier alpha value is -1.84. The van der Waals surface area contributed by atoms with Gasteiger partial charge in [0.1, 0.15) is 5.75 Å². The summed E-state index contributed by atoms with van der Waals surface area (Å²) in [5, 5.41) is 0. The lowest BCUT2D eigenvalue weighted by Crippen LogP contribution is -2.29. The third kappa shape index (κ3) is 2.56. The molecule has 1 aromatic rings. The molecule has 1 amide bonds. The molecule has 1 rings (SSSR count). The van der Waals surface area contributed by atoms with E-state index in [2.05, 4.69) is 0 Å². The number of rotatable bonds is 3. The van der Waals surface area contributed by atoms with E-state index in [1.165, 1.54) is 4.90 Å². The number of likely N-dealkylation sites (N-methyl/N-ethyl adjacent to an activating group) is 1. The van der Waals surface area contributed by atoms with Gasteiger partial charge in [-0.25, -0.2) is 0 Å². The van der Waals surface area contributed by atoms with Crippen LogP contribution in [-0.2, 0) is 4.79 Å². The molecule has 0 N–H and O–H groups in total. The number of Topliss-reactive ketones (excluding diaryl/α,β-unsaturated/α-hetero) is 1. The zero-order chi connectivity index (χ0) is 11.4. The molecule has 4 heteroatoms. The van der Waals surface area contributed by atoms with Crippen LogP contribution in [0.3, 0.4) is 0 Å². The van der Waals surface area contributed by atoms with Crippen LogP contribution in [0.1, 0.15) is 10.4 Å². The number of hydrogen-bond donors (Lipinski definition) is 0. The number of nitrogens with zero attached hydrogens (tertiary/aromatic N) is 1. The zero-order valence-corrected chi connectivity index (χ0v) is 8.98. The highest BCUT2D eigenvalue weighted by atomic mass is 16.5. The summed E-state index contributed by atoms with van der Waals surface area (Å²) in [5.74, 6) is -0.383. The number of methoxy groups -OCH3 is 1. The largest absolute Gasteiger partial charge is 0.497 e. The summed E-state index contributed by atoms with van der Waals surface area (Å²) in [6, 6.07) is 6.44. The summed E-state index contributed by atoms with van der Waals surface area (Å²) in [6.45, 7) is 0. The number of ether oxygens (including phenoxy) is 1. The van der Waals surface area contributed by atoms with E-state index in [-0.39, 0.29) is 0 Å². The van der Waals surface area contributed by atoms with Crippen LogP contribution in [0.4, 0.5) is 0 Å². The average molecular weight is 207 g/mol. The summed E-state index contributed by atoms with van der Waals surface area (Å²) in [4.78, 5) is 24.2. The van der Waals surface area contributed by atoms with Gasteiger partial charge in [0.2, 0.25) is 5.78 Å². The summed E-state index contributed by atoms with van der Waals surface area (Å²) < 4.78 is 4.95. The van der Waals surface area contributed by atoms with E-state index in [4.69, 9.17) is 4.74 Å². The Balaban J connectivity index is 2.88. The molecule has 0 bridgehead atoms. The third-order valence-electron chi connectivity index (χ3n) is 1.95. The Morgan fingerprint density at radius 1 is 1.13 bits per heavy atom. The lowest BCUT2D eigenvalue weighted by atomic mass is 10.1. The van der Waals surface area contributed by atoms with Gasteiger partial charge >= 0.3 is 0 Å². The summed E-state index contributed by atoms with van der Waals surface area (Å²) >= 11 is 0. The van der Waals surface area contributed by atoms with Crippen molar-refractivity contribution < 1.29 is 14.3 Å². The lowest BCUT2D eigenvalue weighted by Gasteiger charge is -2.08. The van der Waals surface area contributed by atoms with Gasteiger partial charge in [-0.1, -0.05) is 0 Å². The van der Waals surface area contributed by atoms with Gasteiger partial charge in [0.25, 0.3) is 5.91 Å². The number of carbonyl (C=O) groups is 2. The summed E-state index contributed by atoms with van der Waals surface area (Å²) in [5.41, 5.74) is 0.370. The fourth-order valence-electron chi connectivity index (χ4n) is 1.07. The maximum atomic E-state index is 11.6. The molecule has 80 valence electrons. The molecule has 0 saturated heterocycles. The fourth-order valence-corrected chi connectivity index (χ4v) is 1.07. The van der Waals surface area contributed by atoms with Crippen molar-refractivity contribution >= 4 is 11.7 Å². The Labute approximate surface area is 88.5 Å². The van der Waals surface area contributed by atoms with Crippen molar-refractivity contribution in [2.45, 2.75) is 0 Å². The number of carbonyl (C=O) groups excluding carboxylic acids is 2. The molecule has 0 saturated carbocycles. The molecule has 4 nitrogen and oxygen atoms in total. The lowest BCUT2D eigenvalue weighted by molar-refractivity contribution is -0.124. The van der Waals surface area contributed by atoms with E-state index in [0.29, 0.717) is 11.3 Å². The van der Waals surface area contributed by atoms with Gasteiger partial charge in [-0.3, -0.25) is 9.59 Å². The first-order valence-electron chi connectivity index (χ1n) is 4.46. The summed E-state index contributed by atoms with van der Waals surface area (Å²) in [6.07, 6.45) is 0. The van der Waals surface area contributed by atoms with Gasteiger partial charge in [-0.2, -0.15) is 0 Å². The highest BCUT2D eigenvalue weighted by Gasteiger charge is 2.17. The van der Waals surface area contributed by atoms with Crippen molar-refractivity contribution in [2.24, 2.45) is 0 Å². The van der Waals surface area contributed by atoms with Crippen molar-refractivity contribution in [1.29, 1.82) is 0 Å². The minimum absolute atomic E-state index is 0.370. The van der Waals surface area contributed by atoms with Crippen molar-refractivity contribution in [2.75, 3.05) is 21.2 Å². The van der Waals surface area contributed by atoms with Crippen molar-refractivity contribution in [3.05, 3.63) is 29.8 Å². The molecule has 0 atom stereocenters. The second-order valence-electron chi connectivity index (χ2n) is 3.26. The number of benzene rings is 1. The molecule has 0 heterocycles. The first-order valence-corrected chi connectivity index (χ1v) is 4.46. The Bertz CT molecular complexity index is 368. The van der Waals surface area contributed by atoms with Gasteiger partial charge in [-0.05, 0) is 24.3 Å². The highest BCUT2D eigenvalue weighted by Crippen LogP contribution is 2.12. The topological polar surface area (TPSA) is 46.6 Å². The van der Waals surface area contributed by atoms with E-state index in [0.717, 1.165) is 0 Å². The molecular weight excluding hydrogens is 194 g/mol. The highest BCUT2D eigenvalue weighted by molar-refractivity contribution is 6.42. The monoisotopic (exact) mass is 207 g/mol. The molecular formula is C11H13NO3. The van der Waals surface area contributed by atoms with Crippen molar-refractivity contribution in [3.63, 3.8) is 0 Å². The van der Waals surface area contributed by atoms with E-state index >= 15 is 0 Å². The number of hydrogen-bond acceptors (Lipinski definition) is 3. The number of amides is 1. The van der Waals surface area contributed by atoms with Crippen LogP contribution in [0.25, 0.3) is 0 Å². The van der Waals surface area contributed by atoms with Gasteiger partial charge in [0, 0.05) is 19.7 Å². The smallest absolute Gasteiger partial charge is 0.294 e. The van der Waals surface area contributed by atoms with Crippen LogP contribution < -0.4 is 4.74 Å². The van der Waals surface area contributed by atoms with Gasteiger partial charge in [0.05, 0.1) is 7.11 Å². The first-order chi connectivity index (χ1) is 7.06. The van der Waals surface area contributed by atoms with Crippen molar-refractivity contribution in [1.82, 2.24) is 4.90 Å². The molecule has 0 aliphatic rings. The molecule has 0 aliphatic carbocycles. The second-order valence-corrected chi connectivity index (χ2v) is 3.26. The van der Waals surface area contributed by atoms with Crippen LogP contribution in [0.5, 0.6) is 5.75 Å². The van der Waals surface area contributed by atoms with Crippen LogP contribution in [0, 0.1) is 0 Å². The van der Waals surface area contributed by atoms with Crippen LogP contribution in [0.15, 0.2) is 24.3 Å². The maximum Gasteiger partial charge on any atom is 0.294 e. The van der Waals surface area contributed by atoms with Crippen molar-refractivity contribution in [3.8, 4) is 5.75 Å². The number of ketones is 1. The zero-order valence-electron chi connectivity index (χ0n) is 8.98. The molecule has 0 unspecified atom stereocenters. The second kappa shape index (κ2) is 4.59. The molecule has 0 aliphatic heterocycles. The fraction of sp³-hybridized carbons (Fsp3) is 0.273. The molecule has 1 aromatic carbocycles. The van der Waals surface area contributed by atoms with E-state index in [9.17, 15) is 9.59 Å². The molecule has 0 spiro atoms. The third-order valence-corrected chi connectivity index (χ3v) is 1.95. The van der Waals surface area contributed by atoms with Crippen LogP contribution in [0.2, 0.25) is 0 Å². The van der Waals surface area contributed by atoms with Crippen LogP contribution >= 0.6 is 0 Å². The normalized spacial score (nSPS) is 9.53. The van der Waals surface area contributed by atoms with Crippen LogP contribution in [-0.4, -0.2) is 37.8 Å². The van der Waals surface area contributed by atoms with E-state index < -0.39 is 11.7 Å².